The van der Waals surface area contributed by atoms with E-state index in [9.17, 15) is 4.79 Å². The third-order valence-corrected chi connectivity index (χ3v) is 4.52. The molecule has 0 fully saturated rings. The van der Waals surface area contributed by atoms with Gasteiger partial charge in [-0.25, -0.2) is 0 Å². The van der Waals surface area contributed by atoms with Crippen LogP contribution in [0.4, 0.5) is 5.82 Å². The first kappa shape index (κ1) is 18.0. The van der Waals surface area contributed by atoms with Crippen molar-refractivity contribution in [3.8, 4) is 11.3 Å². The molecule has 7 heteroatoms. The van der Waals surface area contributed by atoms with E-state index in [1.807, 2.05) is 72.3 Å². The van der Waals surface area contributed by atoms with E-state index in [0.29, 0.717) is 23.1 Å². The van der Waals surface area contributed by atoms with Crippen molar-refractivity contribution in [1.82, 2.24) is 14.9 Å². The fourth-order valence-electron chi connectivity index (χ4n) is 2.80. The van der Waals surface area contributed by atoms with Gasteiger partial charge in [0.1, 0.15) is 0 Å². The summed E-state index contributed by atoms with van der Waals surface area (Å²) in [4.78, 5) is 12.5. The SMILES string of the molecule is Cc1cc(NC(=O)c2cc(-c3ccccc3)on2)nn1Cc1ccc(Cl)cc1. The van der Waals surface area contributed by atoms with Gasteiger partial charge in [-0.2, -0.15) is 5.10 Å². The molecule has 2 aromatic carbocycles. The summed E-state index contributed by atoms with van der Waals surface area (Å²) in [6, 6.07) is 20.5. The van der Waals surface area contributed by atoms with E-state index < -0.39 is 0 Å². The van der Waals surface area contributed by atoms with Gasteiger partial charge in [-0.3, -0.25) is 9.48 Å². The summed E-state index contributed by atoms with van der Waals surface area (Å²) in [7, 11) is 0. The van der Waals surface area contributed by atoms with Crippen LogP contribution in [-0.4, -0.2) is 20.8 Å². The number of aromatic nitrogens is 3. The second-order valence-electron chi connectivity index (χ2n) is 6.35. The van der Waals surface area contributed by atoms with Crippen LogP contribution < -0.4 is 5.32 Å². The van der Waals surface area contributed by atoms with Crippen LogP contribution in [0.3, 0.4) is 0 Å². The maximum absolute atomic E-state index is 12.5. The van der Waals surface area contributed by atoms with Gasteiger partial charge in [0.15, 0.2) is 17.3 Å². The summed E-state index contributed by atoms with van der Waals surface area (Å²) in [5.41, 5.74) is 3.05. The maximum atomic E-state index is 12.5. The largest absolute Gasteiger partial charge is 0.355 e. The number of amides is 1. The van der Waals surface area contributed by atoms with E-state index in [1.54, 1.807) is 6.07 Å². The Labute approximate surface area is 166 Å². The number of benzene rings is 2. The first-order chi connectivity index (χ1) is 13.6. The molecule has 4 aromatic rings. The zero-order valence-electron chi connectivity index (χ0n) is 15.1. The van der Waals surface area contributed by atoms with Gasteiger partial charge in [0.25, 0.3) is 5.91 Å². The smallest absolute Gasteiger partial charge is 0.279 e. The van der Waals surface area contributed by atoms with Crippen molar-refractivity contribution in [2.45, 2.75) is 13.5 Å². The van der Waals surface area contributed by atoms with E-state index in [-0.39, 0.29) is 11.6 Å². The number of halogens is 1. The van der Waals surface area contributed by atoms with Crippen LogP contribution >= 0.6 is 11.6 Å². The van der Waals surface area contributed by atoms with Gasteiger partial charge >= 0.3 is 0 Å². The van der Waals surface area contributed by atoms with Gasteiger partial charge in [-0.1, -0.05) is 59.2 Å². The Hall–Kier alpha value is -3.38. The minimum atomic E-state index is -0.373. The Morgan fingerprint density at radius 3 is 2.61 bits per heavy atom. The summed E-state index contributed by atoms with van der Waals surface area (Å²) in [6.07, 6.45) is 0. The van der Waals surface area contributed by atoms with E-state index in [4.69, 9.17) is 16.1 Å². The highest BCUT2D eigenvalue weighted by Crippen LogP contribution is 2.20. The van der Waals surface area contributed by atoms with E-state index in [0.717, 1.165) is 16.8 Å². The lowest BCUT2D eigenvalue weighted by Crippen LogP contribution is -2.13. The lowest BCUT2D eigenvalue weighted by molar-refractivity contribution is 0.101. The van der Waals surface area contributed by atoms with Crippen LogP contribution in [0, 0.1) is 6.92 Å². The molecule has 0 spiro atoms. The molecule has 6 nitrogen and oxygen atoms in total. The number of carbonyl (C=O) groups is 1. The quantitative estimate of drug-likeness (QED) is 0.529. The van der Waals surface area contributed by atoms with Gasteiger partial charge in [-0.05, 0) is 24.6 Å². The zero-order valence-corrected chi connectivity index (χ0v) is 15.8. The minimum Gasteiger partial charge on any atom is -0.355 e. The highest BCUT2D eigenvalue weighted by Gasteiger charge is 2.15. The average Bonchev–Trinajstić information content (AvgIpc) is 3.32. The van der Waals surface area contributed by atoms with Crippen molar-refractivity contribution in [1.29, 1.82) is 0 Å². The van der Waals surface area contributed by atoms with E-state index >= 15 is 0 Å². The summed E-state index contributed by atoms with van der Waals surface area (Å²) >= 11 is 5.92. The summed E-state index contributed by atoms with van der Waals surface area (Å²) in [5, 5.41) is 11.8. The van der Waals surface area contributed by atoms with Gasteiger partial charge in [0, 0.05) is 28.4 Å². The number of anilines is 1. The Balaban J connectivity index is 1.46. The Morgan fingerprint density at radius 2 is 1.86 bits per heavy atom. The van der Waals surface area contributed by atoms with Crippen molar-refractivity contribution in [2.75, 3.05) is 5.32 Å². The second kappa shape index (κ2) is 7.70. The number of nitrogens with zero attached hydrogens (tertiary/aromatic N) is 3. The third-order valence-electron chi connectivity index (χ3n) is 4.27. The summed E-state index contributed by atoms with van der Waals surface area (Å²) < 4.78 is 7.10. The first-order valence-corrected chi connectivity index (χ1v) is 9.09. The molecular weight excluding hydrogens is 376 g/mol. The minimum absolute atomic E-state index is 0.198. The number of hydrogen-bond acceptors (Lipinski definition) is 4. The molecular formula is C21H17ClN4O2. The maximum Gasteiger partial charge on any atom is 0.279 e. The predicted molar refractivity (Wildman–Crippen MR) is 107 cm³/mol. The molecule has 1 N–H and O–H groups in total. The number of carbonyl (C=O) groups excluding carboxylic acids is 1. The number of nitrogens with one attached hydrogen (secondary N) is 1. The molecule has 2 heterocycles. The predicted octanol–water partition coefficient (Wildman–Crippen LogP) is 4.80. The van der Waals surface area contributed by atoms with Crippen molar-refractivity contribution in [3.63, 3.8) is 0 Å². The monoisotopic (exact) mass is 392 g/mol. The van der Waals surface area contributed by atoms with Gasteiger partial charge in [0.05, 0.1) is 6.54 Å². The van der Waals surface area contributed by atoms with E-state index in [2.05, 4.69) is 15.6 Å². The fraction of sp³-hybridized carbons (Fsp3) is 0.0952. The molecule has 0 radical (unpaired) electrons. The Morgan fingerprint density at radius 1 is 1.11 bits per heavy atom. The summed E-state index contributed by atoms with van der Waals surface area (Å²) in [6.45, 7) is 2.52. The fourth-order valence-corrected chi connectivity index (χ4v) is 2.92. The van der Waals surface area contributed by atoms with Crippen molar-refractivity contribution in [2.24, 2.45) is 0 Å². The molecule has 140 valence electrons. The van der Waals surface area contributed by atoms with Gasteiger partial charge in [-0.15, -0.1) is 0 Å². The third kappa shape index (κ3) is 3.97. The lowest BCUT2D eigenvalue weighted by Gasteiger charge is -2.04. The van der Waals surface area contributed by atoms with Crippen LogP contribution in [0.2, 0.25) is 5.02 Å². The van der Waals surface area contributed by atoms with Crippen LogP contribution in [0.25, 0.3) is 11.3 Å². The van der Waals surface area contributed by atoms with Gasteiger partial charge in [0.2, 0.25) is 0 Å². The first-order valence-electron chi connectivity index (χ1n) is 8.71. The van der Waals surface area contributed by atoms with Crippen LogP contribution in [0.5, 0.6) is 0 Å². The number of rotatable bonds is 5. The number of aryl methyl sites for hydroxylation is 1. The number of hydrogen-bond donors (Lipinski definition) is 1. The summed E-state index contributed by atoms with van der Waals surface area (Å²) in [5.74, 6) is 0.623. The molecule has 0 aliphatic carbocycles. The van der Waals surface area contributed by atoms with Crippen molar-refractivity contribution in [3.05, 3.63) is 88.7 Å². The topological polar surface area (TPSA) is 73.0 Å². The average molecular weight is 393 g/mol. The molecule has 0 atom stereocenters. The second-order valence-corrected chi connectivity index (χ2v) is 6.79. The molecule has 0 aliphatic heterocycles. The van der Waals surface area contributed by atoms with Crippen molar-refractivity contribution >= 4 is 23.3 Å². The van der Waals surface area contributed by atoms with E-state index in [1.165, 1.54) is 0 Å². The van der Waals surface area contributed by atoms with Crippen LogP contribution in [-0.2, 0) is 6.54 Å². The van der Waals surface area contributed by atoms with Gasteiger partial charge < -0.3 is 9.84 Å². The molecule has 2 aromatic heterocycles. The molecule has 0 saturated heterocycles. The Kier molecular flexibility index (Phi) is 4.95. The molecule has 4 rings (SSSR count). The lowest BCUT2D eigenvalue weighted by atomic mass is 10.1. The van der Waals surface area contributed by atoms with Crippen molar-refractivity contribution < 1.29 is 9.32 Å². The molecule has 28 heavy (non-hydrogen) atoms. The molecule has 1 amide bonds. The Bertz CT molecular complexity index is 1100. The highest BCUT2D eigenvalue weighted by atomic mass is 35.5. The molecule has 0 unspecified atom stereocenters. The standard InChI is InChI=1S/C21H17ClN4O2/c1-14-11-20(24-26(14)13-15-7-9-17(22)10-8-15)23-21(27)18-12-19(28-25-18)16-5-3-2-4-6-16/h2-12H,13H2,1H3,(H,23,24,27). The highest BCUT2D eigenvalue weighted by molar-refractivity contribution is 6.30. The molecule has 0 aliphatic rings. The zero-order chi connectivity index (χ0) is 19.5. The van der Waals surface area contributed by atoms with Crippen LogP contribution in [0.1, 0.15) is 21.7 Å². The van der Waals surface area contributed by atoms with Crippen LogP contribution in [0.15, 0.2) is 71.3 Å². The molecule has 0 bridgehead atoms. The molecule has 0 saturated carbocycles. The normalized spacial score (nSPS) is 10.8.